The van der Waals surface area contributed by atoms with Gasteiger partial charge in [-0.3, -0.25) is 20.4 Å². The zero-order valence-corrected chi connectivity index (χ0v) is 22.2. The highest BCUT2D eigenvalue weighted by Gasteiger charge is 2.19. The highest BCUT2D eigenvalue weighted by atomic mass is 32.2. The van der Waals surface area contributed by atoms with Gasteiger partial charge >= 0.3 is 0 Å². The van der Waals surface area contributed by atoms with Gasteiger partial charge in [0.15, 0.2) is 5.16 Å². The van der Waals surface area contributed by atoms with Gasteiger partial charge in [0.05, 0.1) is 10.6 Å². The number of aromatic nitrogens is 3. The van der Waals surface area contributed by atoms with Crippen LogP contribution in [0.4, 0.5) is 0 Å². The number of hydrazine groups is 1. The van der Waals surface area contributed by atoms with E-state index < -0.39 is 0 Å². The van der Waals surface area contributed by atoms with E-state index in [9.17, 15) is 9.59 Å². The molecule has 0 aliphatic heterocycles. The first-order chi connectivity index (χ1) is 17.7. The van der Waals surface area contributed by atoms with Gasteiger partial charge in [-0.1, -0.05) is 48.2 Å². The van der Waals surface area contributed by atoms with Crippen LogP contribution in [0.25, 0.3) is 0 Å². The number of rotatable bonds is 9. The Labute approximate surface area is 222 Å². The largest absolute Gasteiger partial charge is 0.305 e. The van der Waals surface area contributed by atoms with Crippen molar-refractivity contribution in [3.8, 4) is 0 Å². The summed E-state index contributed by atoms with van der Waals surface area (Å²) in [5.74, 6) is 0.458. The van der Waals surface area contributed by atoms with E-state index in [0.717, 1.165) is 31.6 Å². The summed E-state index contributed by atoms with van der Waals surface area (Å²) in [6, 6.07) is 16.4. The van der Waals surface area contributed by atoms with Gasteiger partial charge in [0, 0.05) is 22.7 Å². The molecular weight excluding hydrogens is 511 g/mol. The van der Waals surface area contributed by atoms with Gasteiger partial charge in [0.25, 0.3) is 5.91 Å². The fourth-order valence-electron chi connectivity index (χ4n) is 4.19. The molecular formula is C26H27N5O2S3. The number of carbonyl (C=O) groups is 2. The lowest BCUT2D eigenvalue weighted by atomic mass is 9.99. The molecule has 0 saturated heterocycles. The molecule has 1 aliphatic rings. The average molecular weight is 538 g/mol. The van der Waals surface area contributed by atoms with Crippen LogP contribution >= 0.6 is 34.4 Å². The number of hydrogen-bond donors (Lipinski definition) is 2. The topological polar surface area (TPSA) is 88.9 Å². The summed E-state index contributed by atoms with van der Waals surface area (Å²) in [4.78, 5) is 28.2. The van der Waals surface area contributed by atoms with Crippen molar-refractivity contribution in [2.45, 2.75) is 50.2 Å². The number of nitrogens with zero attached hydrogens (tertiary/aromatic N) is 3. The van der Waals surface area contributed by atoms with Crippen molar-refractivity contribution in [1.29, 1.82) is 0 Å². The summed E-state index contributed by atoms with van der Waals surface area (Å²) >= 11 is 4.54. The minimum Gasteiger partial charge on any atom is -0.305 e. The van der Waals surface area contributed by atoms with Crippen molar-refractivity contribution in [3.05, 3.63) is 85.5 Å². The van der Waals surface area contributed by atoms with E-state index in [-0.39, 0.29) is 17.6 Å². The Hall–Kier alpha value is -2.95. The third-order valence-electron chi connectivity index (χ3n) is 6.04. The first-order valence-corrected chi connectivity index (χ1v) is 14.7. The summed E-state index contributed by atoms with van der Waals surface area (Å²) in [5.41, 5.74) is 7.61. The molecule has 36 heavy (non-hydrogen) atoms. The number of carbonyl (C=O) groups excluding carboxylic acids is 2. The second-order valence-corrected chi connectivity index (χ2v) is 11.7. The molecule has 2 N–H and O–H groups in total. The van der Waals surface area contributed by atoms with Crippen molar-refractivity contribution in [2.75, 3.05) is 5.75 Å². The van der Waals surface area contributed by atoms with Crippen LogP contribution in [0.2, 0.25) is 0 Å². The van der Waals surface area contributed by atoms with E-state index in [4.69, 9.17) is 0 Å². The van der Waals surface area contributed by atoms with Crippen LogP contribution in [0.15, 0.2) is 59.1 Å². The highest BCUT2D eigenvalue weighted by Crippen LogP contribution is 2.29. The van der Waals surface area contributed by atoms with E-state index in [1.165, 1.54) is 56.8 Å². The molecule has 5 rings (SSSR count). The molecule has 0 fully saturated rings. The first-order valence-electron chi connectivity index (χ1n) is 12.0. The summed E-state index contributed by atoms with van der Waals surface area (Å²) < 4.78 is 2.10. The molecule has 1 aromatic carbocycles. The lowest BCUT2D eigenvalue weighted by Gasteiger charge is -2.10. The number of thiophene rings is 2. The van der Waals surface area contributed by atoms with Gasteiger partial charge in [0.2, 0.25) is 5.91 Å². The average Bonchev–Trinajstić information content (AvgIpc) is 3.66. The van der Waals surface area contributed by atoms with Crippen LogP contribution in [-0.2, 0) is 37.0 Å². The van der Waals surface area contributed by atoms with Crippen molar-refractivity contribution in [2.24, 2.45) is 0 Å². The second kappa shape index (κ2) is 11.9. The minimum atomic E-state index is -0.285. The van der Waals surface area contributed by atoms with Gasteiger partial charge < -0.3 is 4.57 Å². The Morgan fingerprint density at radius 3 is 2.69 bits per heavy atom. The zero-order valence-electron chi connectivity index (χ0n) is 19.7. The number of benzene rings is 1. The third kappa shape index (κ3) is 6.24. The maximum atomic E-state index is 12.5. The van der Waals surface area contributed by atoms with Crippen LogP contribution in [0.5, 0.6) is 0 Å². The molecule has 0 saturated carbocycles. The van der Waals surface area contributed by atoms with Gasteiger partial charge in [-0.25, -0.2) is 0 Å². The minimum absolute atomic E-state index is 0.129. The fourth-order valence-corrected chi connectivity index (χ4v) is 6.83. The third-order valence-corrected chi connectivity index (χ3v) is 9.12. The molecule has 0 radical (unpaired) electrons. The molecule has 7 nitrogen and oxygen atoms in total. The summed E-state index contributed by atoms with van der Waals surface area (Å²) in [6.45, 7) is 0.724. The van der Waals surface area contributed by atoms with Crippen LogP contribution in [0.1, 0.15) is 49.2 Å². The highest BCUT2D eigenvalue weighted by molar-refractivity contribution is 7.99. The molecule has 0 atom stereocenters. The molecule has 3 aromatic heterocycles. The van der Waals surface area contributed by atoms with Gasteiger partial charge in [0.1, 0.15) is 5.82 Å². The van der Waals surface area contributed by atoms with E-state index in [0.29, 0.717) is 16.5 Å². The Morgan fingerprint density at radius 2 is 1.89 bits per heavy atom. The van der Waals surface area contributed by atoms with E-state index in [1.54, 1.807) is 11.3 Å². The lowest BCUT2D eigenvalue weighted by Crippen LogP contribution is -2.42. The maximum absolute atomic E-state index is 12.5. The Bertz CT molecular complexity index is 1290. The number of aryl methyl sites for hydroxylation is 3. The van der Waals surface area contributed by atoms with Crippen molar-refractivity contribution in [1.82, 2.24) is 25.6 Å². The van der Waals surface area contributed by atoms with Crippen LogP contribution in [-0.4, -0.2) is 32.3 Å². The van der Waals surface area contributed by atoms with Crippen molar-refractivity contribution >= 4 is 46.2 Å². The smallest absolute Gasteiger partial charge is 0.279 e. The normalized spacial score (nSPS) is 12.8. The quantitative estimate of drug-likeness (QED) is 0.239. The number of nitrogens with one attached hydrogen (secondary N) is 2. The Morgan fingerprint density at radius 1 is 1.03 bits per heavy atom. The number of hydrogen-bond acceptors (Lipinski definition) is 7. The van der Waals surface area contributed by atoms with Gasteiger partial charge in [-0.15, -0.1) is 32.9 Å². The number of amides is 2. The Balaban J connectivity index is 1.18. The summed E-state index contributed by atoms with van der Waals surface area (Å²) in [6.07, 6.45) is 5.96. The SMILES string of the molecule is O=C(CSc1nnc(Cc2cccs2)n1CCc1ccccc1)NNC(=O)c1cc2c(s1)CCCC2. The molecule has 2 amide bonds. The molecule has 0 bridgehead atoms. The predicted octanol–water partition coefficient (Wildman–Crippen LogP) is 4.67. The predicted molar refractivity (Wildman–Crippen MR) is 145 cm³/mol. The van der Waals surface area contributed by atoms with Crippen LogP contribution in [0, 0.1) is 0 Å². The van der Waals surface area contributed by atoms with Gasteiger partial charge in [-0.05, 0) is 60.7 Å². The molecule has 3 heterocycles. The Kier molecular flexibility index (Phi) is 8.15. The van der Waals surface area contributed by atoms with Crippen LogP contribution < -0.4 is 10.9 Å². The summed E-state index contributed by atoms with van der Waals surface area (Å²) in [5, 5.41) is 11.6. The van der Waals surface area contributed by atoms with Crippen molar-refractivity contribution in [3.63, 3.8) is 0 Å². The van der Waals surface area contributed by atoms with E-state index in [1.807, 2.05) is 30.3 Å². The molecule has 4 aromatic rings. The monoisotopic (exact) mass is 537 g/mol. The number of fused-ring (bicyclic) bond motifs is 1. The second-order valence-electron chi connectivity index (χ2n) is 8.60. The standard InChI is InChI=1S/C26H27N5O2S3/c32-24(28-29-25(33)22-15-19-9-4-5-11-21(19)36-22)17-35-26-30-27-23(16-20-10-6-14-34-20)31(26)13-12-18-7-2-1-3-8-18/h1-3,6-8,10,14-15H,4-5,9,11-13,16-17H2,(H,28,32)(H,29,33). The van der Waals surface area contributed by atoms with Crippen molar-refractivity contribution < 1.29 is 9.59 Å². The molecule has 1 aliphatic carbocycles. The summed E-state index contributed by atoms with van der Waals surface area (Å²) in [7, 11) is 0. The van der Waals surface area contributed by atoms with Crippen LogP contribution in [0.3, 0.4) is 0 Å². The maximum Gasteiger partial charge on any atom is 0.279 e. The van der Waals surface area contributed by atoms with E-state index >= 15 is 0 Å². The van der Waals surface area contributed by atoms with Gasteiger partial charge in [-0.2, -0.15) is 0 Å². The fraction of sp³-hybridized carbons (Fsp3) is 0.308. The van der Waals surface area contributed by atoms with E-state index in [2.05, 4.69) is 49.2 Å². The molecule has 186 valence electrons. The molecule has 0 unspecified atom stereocenters. The zero-order chi connectivity index (χ0) is 24.7. The molecule has 10 heteroatoms. The lowest BCUT2D eigenvalue weighted by molar-refractivity contribution is -0.119. The molecule has 0 spiro atoms. The first kappa shape index (κ1) is 24.7. The number of thioether (sulfide) groups is 1.